The Balaban J connectivity index is 2.54. The highest BCUT2D eigenvalue weighted by molar-refractivity contribution is 4.89. The summed E-state index contributed by atoms with van der Waals surface area (Å²) in [4.78, 5) is 4.89. The van der Waals surface area contributed by atoms with Gasteiger partial charge in [-0.15, -0.1) is 0 Å². The molecule has 0 aromatic heterocycles. The summed E-state index contributed by atoms with van der Waals surface area (Å²) in [5.41, 5.74) is 0.0211. The largest absolute Gasteiger partial charge is 0.380 e. The Hall–Kier alpha value is -0.160. The third-order valence-electron chi connectivity index (χ3n) is 3.50. The van der Waals surface area contributed by atoms with Crippen molar-refractivity contribution in [3.63, 3.8) is 0 Å². The summed E-state index contributed by atoms with van der Waals surface area (Å²) < 4.78 is 11.3. The van der Waals surface area contributed by atoms with Crippen LogP contribution in [0, 0.1) is 0 Å². The van der Waals surface area contributed by atoms with Crippen molar-refractivity contribution < 1.29 is 9.47 Å². The van der Waals surface area contributed by atoms with Crippen molar-refractivity contribution in [2.24, 2.45) is 0 Å². The van der Waals surface area contributed by atoms with E-state index in [1.807, 2.05) is 13.8 Å². The molecular formula is C13H28N2O2. The van der Waals surface area contributed by atoms with Gasteiger partial charge in [-0.25, -0.2) is 0 Å². The fourth-order valence-corrected chi connectivity index (χ4v) is 2.21. The minimum absolute atomic E-state index is 0.0211. The van der Waals surface area contributed by atoms with Crippen LogP contribution in [0.1, 0.15) is 20.8 Å². The molecule has 1 aliphatic heterocycles. The van der Waals surface area contributed by atoms with Crippen LogP contribution >= 0.6 is 0 Å². The first-order valence-electron chi connectivity index (χ1n) is 6.71. The highest BCUT2D eigenvalue weighted by Crippen LogP contribution is 2.18. The Kier molecular flexibility index (Phi) is 6.41. The number of likely N-dealkylation sites (N-methyl/N-ethyl adjacent to an activating group) is 1. The van der Waals surface area contributed by atoms with Crippen LogP contribution in [0.15, 0.2) is 0 Å². The lowest BCUT2D eigenvalue weighted by atomic mass is 10.0. The van der Waals surface area contributed by atoms with Crippen LogP contribution in [0.2, 0.25) is 0 Å². The summed E-state index contributed by atoms with van der Waals surface area (Å²) in [5, 5.41) is 0. The van der Waals surface area contributed by atoms with E-state index in [-0.39, 0.29) is 5.54 Å². The maximum Gasteiger partial charge on any atom is 0.0670 e. The average Bonchev–Trinajstić information content (AvgIpc) is 2.34. The van der Waals surface area contributed by atoms with Gasteiger partial charge in [0.05, 0.1) is 18.8 Å². The Bertz CT molecular complexity index is 196. The van der Waals surface area contributed by atoms with E-state index in [9.17, 15) is 0 Å². The quantitative estimate of drug-likeness (QED) is 0.669. The molecule has 17 heavy (non-hydrogen) atoms. The monoisotopic (exact) mass is 244 g/mol. The van der Waals surface area contributed by atoms with Crippen molar-refractivity contribution >= 4 is 0 Å². The molecule has 0 radical (unpaired) electrons. The molecule has 0 N–H and O–H groups in total. The highest BCUT2D eigenvalue weighted by Gasteiger charge is 2.34. The Labute approximate surface area is 106 Å². The van der Waals surface area contributed by atoms with E-state index < -0.39 is 0 Å². The smallest absolute Gasteiger partial charge is 0.0670 e. The summed E-state index contributed by atoms with van der Waals surface area (Å²) in [7, 11) is 2.18. The minimum Gasteiger partial charge on any atom is -0.380 e. The lowest BCUT2D eigenvalue weighted by molar-refractivity contribution is -0.0607. The van der Waals surface area contributed by atoms with Crippen molar-refractivity contribution in [1.29, 1.82) is 0 Å². The number of rotatable bonds is 7. The van der Waals surface area contributed by atoms with Gasteiger partial charge in [-0.2, -0.15) is 0 Å². The SMILES string of the molecule is CCOCC(C)(COCC)N1CCN(C)CC1. The van der Waals surface area contributed by atoms with Gasteiger partial charge in [0, 0.05) is 39.4 Å². The van der Waals surface area contributed by atoms with Gasteiger partial charge in [0.1, 0.15) is 0 Å². The Morgan fingerprint density at radius 3 is 1.82 bits per heavy atom. The number of nitrogens with zero attached hydrogens (tertiary/aromatic N) is 2. The molecular weight excluding hydrogens is 216 g/mol. The molecule has 0 bridgehead atoms. The molecule has 1 saturated heterocycles. The first kappa shape index (κ1) is 14.9. The zero-order chi connectivity index (χ0) is 12.7. The van der Waals surface area contributed by atoms with Crippen molar-refractivity contribution in [2.45, 2.75) is 26.3 Å². The van der Waals surface area contributed by atoms with Crippen LogP contribution in [0.25, 0.3) is 0 Å². The fraction of sp³-hybridized carbons (Fsp3) is 1.00. The predicted molar refractivity (Wildman–Crippen MR) is 70.5 cm³/mol. The maximum atomic E-state index is 5.64. The fourth-order valence-electron chi connectivity index (χ4n) is 2.21. The van der Waals surface area contributed by atoms with Gasteiger partial charge in [-0.1, -0.05) is 0 Å². The second-order valence-corrected chi connectivity index (χ2v) is 5.06. The van der Waals surface area contributed by atoms with Gasteiger partial charge >= 0.3 is 0 Å². The summed E-state index contributed by atoms with van der Waals surface area (Å²) in [6, 6.07) is 0. The van der Waals surface area contributed by atoms with Crippen LogP contribution in [0.4, 0.5) is 0 Å². The molecule has 1 rings (SSSR count). The molecule has 4 heteroatoms. The highest BCUT2D eigenvalue weighted by atomic mass is 16.5. The van der Waals surface area contributed by atoms with E-state index in [1.54, 1.807) is 0 Å². The van der Waals surface area contributed by atoms with Gasteiger partial charge in [-0.05, 0) is 27.8 Å². The molecule has 1 aliphatic rings. The summed E-state index contributed by atoms with van der Waals surface area (Å²) in [6.45, 7) is 13.9. The lowest BCUT2D eigenvalue weighted by Crippen LogP contribution is -2.59. The Morgan fingerprint density at radius 1 is 0.941 bits per heavy atom. The van der Waals surface area contributed by atoms with E-state index in [0.717, 1.165) is 52.6 Å². The van der Waals surface area contributed by atoms with Gasteiger partial charge < -0.3 is 14.4 Å². The maximum absolute atomic E-state index is 5.64. The first-order valence-corrected chi connectivity index (χ1v) is 6.71. The molecule has 0 aliphatic carbocycles. The van der Waals surface area contributed by atoms with Crippen LogP contribution in [0.5, 0.6) is 0 Å². The van der Waals surface area contributed by atoms with Crippen molar-refractivity contribution in [2.75, 3.05) is 59.7 Å². The van der Waals surface area contributed by atoms with Crippen LogP contribution in [-0.4, -0.2) is 75.0 Å². The molecule has 0 aromatic carbocycles. The third-order valence-corrected chi connectivity index (χ3v) is 3.50. The van der Waals surface area contributed by atoms with E-state index in [4.69, 9.17) is 9.47 Å². The zero-order valence-corrected chi connectivity index (χ0v) is 11.9. The minimum atomic E-state index is 0.0211. The molecule has 4 nitrogen and oxygen atoms in total. The van der Waals surface area contributed by atoms with E-state index in [0.29, 0.717) is 0 Å². The number of piperazine rings is 1. The van der Waals surface area contributed by atoms with Crippen molar-refractivity contribution in [3.05, 3.63) is 0 Å². The van der Waals surface area contributed by atoms with Crippen molar-refractivity contribution in [1.82, 2.24) is 9.80 Å². The number of hydrogen-bond acceptors (Lipinski definition) is 4. The second-order valence-electron chi connectivity index (χ2n) is 5.06. The topological polar surface area (TPSA) is 24.9 Å². The van der Waals surface area contributed by atoms with Crippen LogP contribution in [0.3, 0.4) is 0 Å². The standard InChI is InChI=1S/C13H28N2O2/c1-5-16-11-13(3,12-17-6-2)15-9-7-14(4)8-10-15/h5-12H2,1-4H3. The molecule has 1 fully saturated rings. The summed E-state index contributed by atoms with van der Waals surface area (Å²) in [5.74, 6) is 0. The molecule has 1 heterocycles. The molecule has 0 unspecified atom stereocenters. The number of ether oxygens (including phenoxy) is 2. The van der Waals surface area contributed by atoms with Crippen LogP contribution < -0.4 is 0 Å². The van der Waals surface area contributed by atoms with Crippen molar-refractivity contribution in [3.8, 4) is 0 Å². The van der Waals surface area contributed by atoms with Gasteiger partial charge in [0.15, 0.2) is 0 Å². The molecule has 0 amide bonds. The normalized spacial score (nSPS) is 19.8. The molecule has 0 spiro atoms. The molecule has 0 saturated carbocycles. The second kappa shape index (κ2) is 7.31. The Morgan fingerprint density at radius 2 is 1.41 bits per heavy atom. The van der Waals surface area contributed by atoms with Gasteiger partial charge in [-0.3, -0.25) is 4.90 Å². The van der Waals surface area contributed by atoms with E-state index >= 15 is 0 Å². The molecule has 0 atom stereocenters. The zero-order valence-electron chi connectivity index (χ0n) is 11.9. The molecule has 0 aromatic rings. The summed E-state index contributed by atoms with van der Waals surface area (Å²) >= 11 is 0. The number of hydrogen-bond donors (Lipinski definition) is 0. The van der Waals surface area contributed by atoms with E-state index in [2.05, 4.69) is 23.8 Å². The summed E-state index contributed by atoms with van der Waals surface area (Å²) in [6.07, 6.45) is 0. The van der Waals surface area contributed by atoms with Gasteiger partial charge in [0.25, 0.3) is 0 Å². The third kappa shape index (κ3) is 4.54. The van der Waals surface area contributed by atoms with Crippen LogP contribution in [-0.2, 0) is 9.47 Å². The lowest BCUT2D eigenvalue weighted by Gasteiger charge is -2.44. The first-order chi connectivity index (χ1) is 8.12. The predicted octanol–water partition coefficient (Wildman–Crippen LogP) is 1.07. The van der Waals surface area contributed by atoms with Gasteiger partial charge in [0.2, 0.25) is 0 Å². The van der Waals surface area contributed by atoms with E-state index in [1.165, 1.54) is 0 Å². The molecule has 102 valence electrons. The average molecular weight is 244 g/mol.